The summed E-state index contributed by atoms with van der Waals surface area (Å²) in [5, 5.41) is 29.1. The molecule has 0 aliphatic carbocycles. The Labute approximate surface area is 226 Å². The van der Waals surface area contributed by atoms with Crippen LogP contribution >= 0.6 is 0 Å². The van der Waals surface area contributed by atoms with Gasteiger partial charge in [0.25, 0.3) is 0 Å². The van der Waals surface area contributed by atoms with Crippen LogP contribution in [0.5, 0.6) is 5.75 Å². The number of carbonyl (C=O) groups is 2. The molecule has 0 aromatic heterocycles. The smallest absolute Gasteiger partial charge is 0.416 e. The lowest BCUT2D eigenvalue weighted by Gasteiger charge is -2.19. The third-order valence-corrected chi connectivity index (χ3v) is 5.66. The van der Waals surface area contributed by atoms with Gasteiger partial charge in [0.05, 0.1) is 11.7 Å². The number of aliphatic carboxylic acids is 2. The van der Waals surface area contributed by atoms with E-state index in [1.54, 1.807) is 0 Å². The van der Waals surface area contributed by atoms with Crippen LogP contribution in [-0.4, -0.2) is 71.0 Å². The number of nitrogens with zero attached hydrogens (tertiary/aromatic N) is 1. The van der Waals surface area contributed by atoms with Crippen molar-refractivity contribution in [2.75, 3.05) is 32.8 Å². The summed E-state index contributed by atoms with van der Waals surface area (Å²) < 4.78 is 44.3. The molecule has 0 saturated carbocycles. The number of rotatable bonds is 14. The summed E-state index contributed by atoms with van der Waals surface area (Å²) >= 11 is 0. The number of nitrogens with one attached hydrogen (secondary N) is 1. The van der Waals surface area contributed by atoms with Gasteiger partial charge >= 0.3 is 18.1 Å². The van der Waals surface area contributed by atoms with E-state index < -0.39 is 29.8 Å². The summed E-state index contributed by atoms with van der Waals surface area (Å²) in [6, 6.07) is 12.8. The molecular formula is C28H37F3N2O6. The highest BCUT2D eigenvalue weighted by molar-refractivity contribution is 5.89. The molecule has 39 heavy (non-hydrogen) atoms. The van der Waals surface area contributed by atoms with Crippen molar-refractivity contribution >= 4 is 11.9 Å². The summed E-state index contributed by atoms with van der Waals surface area (Å²) in [7, 11) is 0. The van der Waals surface area contributed by atoms with E-state index >= 15 is 0 Å². The van der Waals surface area contributed by atoms with Gasteiger partial charge in [0.2, 0.25) is 0 Å². The Balaban J connectivity index is 0.000000824. The van der Waals surface area contributed by atoms with Crippen molar-refractivity contribution in [3.05, 3.63) is 77.4 Å². The van der Waals surface area contributed by atoms with Gasteiger partial charge in [-0.2, -0.15) is 13.2 Å². The van der Waals surface area contributed by atoms with E-state index in [2.05, 4.69) is 24.1 Å². The Kier molecular flexibility index (Phi) is 14.9. The molecule has 2 atom stereocenters. The lowest BCUT2D eigenvalue weighted by molar-refractivity contribution is -0.137. The first-order chi connectivity index (χ1) is 18.3. The Morgan fingerprint density at radius 2 is 1.62 bits per heavy atom. The monoisotopic (exact) mass is 554 g/mol. The topological polar surface area (TPSA) is 119 Å². The fourth-order valence-corrected chi connectivity index (χ4v) is 3.48. The molecule has 11 heteroatoms. The Morgan fingerprint density at radius 1 is 1.03 bits per heavy atom. The molecule has 0 bridgehead atoms. The zero-order valence-electron chi connectivity index (χ0n) is 22.3. The van der Waals surface area contributed by atoms with Gasteiger partial charge in [0.15, 0.2) is 0 Å². The molecule has 0 heterocycles. The molecule has 0 radical (unpaired) electrons. The Bertz CT molecular complexity index is 1020. The maximum absolute atomic E-state index is 12.8. The van der Waals surface area contributed by atoms with Gasteiger partial charge in [0, 0.05) is 31.3 Å². The third kappa shape index (κ3) is 14.4. The van der Waals surface area contributed by atoms with Crippen LogP contribution in [0.3, 0.4) is 0 Å². The Hall–Kier alpha value is -3.41. The highest BCUT2D eigenvalue weighted by Crippen LogP contribution is 2.30. The average Bonchev–Trinajstić information content (AvgIpc) is 2.89. The maximum Gasteiger partial charge on any atom is 0.416 e. The van der Waals surface area contributed by atoms with Crippen LogP contribution < -0.4 is 10.1 Å². The van der Waals surface area contributed by atoms with Crippen molar-refractivity contribution in [3.8, 4) is 5.75 Å². The number of carboxylic acids is 2. The quantitative estimate of drug-likeness (QED) is 0.254. The van der Waals surface area contributed by atoms with Crippen LogP contribution in [-0.2, 0) is 22.2 Å². The van der Waals surface area contributed by atoms with Crippen molar-refractivity contribution in [1.29, 1.82) is 0 Å². The van der Waals surface area contributed by atoms with Gasteiger partial charge in [-0.25, -0.2) is 9.59 Å². The van der Waals surface area contributed by atoms with Crippen molar-refractivity contribution in [3.63, 3.8) is 0 Å². The number of hydrogen-bond donors (Lipinski definition) is 4. The second-order valence-electron chi connectivity index (χ2n) is 8.68. The van der Waals surface area contributed by atoms with Crippen LogP contribution in [0.4, 0.5) is 13.2 Å². The van der Waals surface area contributed by atoms with Gasteiger partial charge in [0.1, 0.15) is 12.4 Å². The lowest BCUT2D eigenvalue weighted by Crippen LogP contribution is -2.32. The number of halogens is 3. The Morgan fingerprint density at radius 3 is 2.13 bits per heavy atom. The van der Waals surface area contributed by atoms with E-state index in [4.69, 9.17) is 14.9 Å². The molecule has 0 aliphatic heterocycles. The van der Waals surface area contributed by atoms with Crippen molar-refractivity contribution in [1.82, 2.24) is 10.2 Å². The fourth-order valence-electron chi connectivity index (χ4n) is 3.48. The number of benzene rings is 2. The lowest BCUT2D eigenvalue weighted by atomic mass is 10.0. The van der Waals surface area contributed by atoms with Crippen molar-refractivity contribution < 1.29 is 42.8 Å². The zero-order valence-corrected chi connectivity index (χ0v) is 22.3. The molecular weight excluding hydrogens is 517 g/mol. The minimum atomic E-state index is -4.42. The van der Waals surface area contributed by atoms with Gasteiger partial charge in [-0.05, 0) is 61.8 Å². The van der Waals surface area contributed by atoms with Gasteiger partial charge < -0.3 is 30.3 Å². The third-order valence-electron chi connectivity index (χ3n) is 5.66. The van der Waals surface area contributed by atoms with Gasteiger partial charge in [-0.3, -0.25) is 0 Å². The standard InChI is InChI=1S/C24H33F3N2O2.C4H4O4/c1-4-29(5-2)13-14-31-22-11-9-19(10-12-22)15-18(3)28-17-23(30)20-7-6-8-21(16-20)24(25,26)27;5-3(6)1-2-4(7)8/h6-12,16,18,23,28,30H,4-5,13-15,17H2,1-3H3;1-2H,(H,5,6)(H,7,8)/b;2-1+. The molecule has 0 saturated heterocycles. The van der Waals surface area contributed by atoms with Crippen LogP contribution in [0, 0.1) is 0 Å². The van der Waals surface area contributed by atoms with E-state index in [1.165, 1.54) is 12.1 Å². The molecule has 0 fully saturated rings. The highest BCUT2D eigenvalue weighted by Gasteiger charge is 2.30. The van der Waals surface area contributed by atoms with E-state index in [0.717, 1.165) is 49.5 Å². The second-order valence-corrected chi connectivity index (χ2v) is 8.68. The highest BCUT2D eigenvalue weighted by atomic mass is 19.4. The number of likely N-dealkylation sites (N-methyl/N-ethyl adjacent to an activating group) is 1. The maximum atomic E-state index is 12.8. The van der Waals surface area contributed by atoms with Crippen molar-refractivity contribution in [2.45, 2.75) is 45.5 Å². The first kappa shape index (κ1) is 33.6. The fraction of sp³-hybridized carbons (Fsp3) is 0.429. The van der Waals surface area contributed by atoms with E-state index in [9.17, 15) is 27.9 Å². The SMILES string of the molecule is CCN(CC)CCOc1ccc(CC(C)NCC(O)c2cccc(C(F)(F)F)c2)cc1.O=C(O)/C=C/C(=O)O. The first-order valence-electron chi connectivity index (χ1n) is 12.5. The average molecular weight is 555 g/mol. The summed E-state index contributed by atoms with van der Waals surface area (Å²) in [4.78, 5) is 21.4. The number of carboxylic acid groups (broad SMARTS) is 2. The molecule has 2 rings (SSSR count). The molecule has 2 unspecified atom stereocenters. The molecule has 0 amide bonds. The molecule has 8 nitrogen and oxygen atoms in total. The van der Waals surface area contributed by atoms with Crippen molar-refractivity contribution in [2.24, 2.45) is 0 Å². The normalized spacial score (nSPS) is 13.0. The zero-order chi connectivity index (χ0) is 29.4. The summed E-state index contributed by atoms with van der Waals surface area (Å²) in [6.45, 7) is 9.97. The summed E-state index contributed by atoms with van der Waals surface area (Å²) in [5.41, 5.74) is 0.613. The molecule has 4 N–H and O–H groups in total. The number of aliphatic hydroxyl groups is 1. The molecule has 0 spiro atoms. The predicted octanol–water partition coefficient (Wildman–Crippen LogP) is 4.39. The minimum absolute atomic E-state index is 0.0508. The number of hydrogen-bond acceptors (Lipinski definition) is 6. The number of alkyl halides is 3. The van der Waals surface area contributed by atoms with Gasteiger partial charge in [-0.1, -0.05) is 38.1 Å². The largest absolute Gasteiger partial charge is 0.492 e. The van der Waals surface area contributed by atoms with E-state index in [0.29, 0.717) is 18.8 Å². The predicted molar refractivity (Wildman–Crippen MR) is 142 cm³/mol. The summed E-state index contributed by atoms with van der Waals surface area (Å²) in [5.74, 6) is -1.68. The first-order valence-corrected chi connectivity index (χ1v) is 12.5. The van der Waals surface area contributed by atoms with Crippen LogP contribution in [0.15, 0.2) is 60.7 Å². The number of ether oxygens (including phenoxy) is 1. The molecule has 2 aromatic rings. The van der Waals surface area contributed by atoms with Crippen LogP contribution in [0.1, 0.15) is 43.6 Å². The van der Waals surface area contributed by atoms with E-state index in [-0.39, 0.29) is 18.2 Å². The molecule has 0 aliphatic rings. The van der Waals surface area contributed by atoms with Gasteiger partial charge in [-0.15, -0.1) is 0 Å². The van der Waals surface area contributed by atoms with E-state index in [1.807, 2.05) is 31.2 Å². The molecule has 216 valence electrons. The van der Waals surface area contributed by atoms with Crippen LogP contribution in [0.25, 0.3) is 0 Å². The van der Waals surface area contributed by atoms with Crippen LogP contribution in [0.2, 0.25) is 0 Å². The second kappa shape index (κ2) is 17.2. The molecule has 2 aromatic carbocycles. The number of aliphatic hydroxyl groups excluding tert-OH is 1. The summed E-state index contributed by atoms with van der Waals surface area (Å²) in [6.07, 6.45) is -3.58. The minimum Gasteiger partial charge on any atom is -0.492 e.